The van der Waals surface area contributed by atoms with Gasteiger partial charge in [0, 0.05) is 6.54 Å². The van der Waals surface area contributed by atoms with Gasteiger partial charge in [0.05, 0.1) is 25.4 Å². The van der Waals surface area contributed by atoms with E-state index in [2.05, 4.69) is 59.9 Å². The maximum Gasteiger partial charge on any atom is 0.0884 e. The maximum absolute atomic E-state index is 9.51. The summed E-state index contributed by atoms with van der Waals surface area (Å²) in [6, 6.07) is 19.0. The predicted octanol–water partition coefficient (Wildman–Crippen LogP) is 2.39. The number of aliphatic hydroxyl groups is 3. The Labute approximate surface area is 145 Å². The first-order chi connectivity index (χ1) is 12.2. The largest absolute Gasteiger partial charge is 0.394 e. The van der Waals surface area contributed by atoms with Crippen LogP contribution in [-0.2, 0) is 6.54 Å². The van der Waals surface area contributed by atoms with Crippen LogP contribution in [0.5, 0.6) is 0 Å². The number of aliphatic hydroxyl groups excluding tert-OH is 3. The molecule has 4 nitrogen and oxygen atoms in total. The van der Waals surface area contributed by atoms with Crippen molar-refractivity contribution in [3.8, 4) is 0 Å². The number of hydrogen-bond donors (Lipinski definition) is 4. The summed E-state index contributed by atoms with van der Waals surface area (Å²) in [4.78, 5) is 0. The van der Waals surface area contributed by atoms with E-state index in [0.29, 0.717) is 6.54 Å². The summed E-state index contributed by atoms with van der Waals surface area (Å²) < 4.78 is 0. The van der Waals surface area contributed by atoms with Crippen molar-refractivity contribution < 1.29 is 15.3 Å². The minimum Gasteiger partial charge on any atom is -0.394 e. The van der Waals surface area contributed by atoms with Gasteiger partial charge in [-0.05, 0) is 37.9 Å². The lowest BCUT2D eigenvalue weighted by Crippen LogP contribution is -2.54. The smallest absolute Gasteiger partial charge is 0.0884 e. The highest BCUT2D eigenvalue weighted by Crippen LogP contribution is 2.35. The summed E-state index contributed by atoms with van der Waals surface area (Å²) in [5.74, 6) is 0. The summed E-state index contributed by atoms with van der Waals surface area (Å²) >= 11 is 0. The number of benzene rings is 4. The van der Waals surface area contributed by atoms with Crippen LogP contribution < -0.4 is 5.32 Å². The Morgan fingerprint density at radius 1 is 0.680 bits per heavy atom. The third-order valence-corrected chi connectivity index (χ3v) is 5.18. The third kappa shape index (κ3) is 2.55. The molecule has 0 unspecified atom stereocenters. The van der Waals surface area contributed by atoms with E-state index in [4.69, 9.17) is 0 Å². The maximum atomic E-state index is 9.51. The third-order valence-electron chi connectivity index (χ3n) is 5.18. The second-order valence-corrected chi connectivity index (χ2v) is 6.69. The zero-order valence-electron chi connectivity index (χ0n) is 13.9. The van der Waals surface area contributed by atoms with Crippen molar-refractivity contribution in [3.05, 3.63) is 60.2 Å². The fourth-order valence-electron chi connectivity index (χ4n) is 3.55. The molecule has 0 saturated heterocycles. The first-order valence-corrected chi connectivity index (χ1v) is 8.44. The quantitative estimate of drug-likeness (QED) is 0.408. The van der Waals surface area contributed by atoms with Gasteiger partial charge in [0.25, 0.3) is 0 Å². The predicted molar refractivity (Wildman–Crippen MR) is 101 cm³/mol. The number of hydrogen-bond acceptors (Lipinski definition) is 4. The van der Waals surface area contributed by atoms with Crippen LogP contribution in [0.1, 0.15) is 5.56 Å². The molecule has 0 aliphatic heterocycles. The van der Waals surface area contributed by atoms with Crippen molar-refractivity contribution in [1.29, 1.82) is 0 Å². The van der Waals surface area contributed by atoms with E-state index in [0.717, 1.165) is 10.9 Å². The molecule has 0 bridgehead atoms. The molecule has 0 aromatic heterocycles. The average Bonchev–Trinajstić information content (AvgIpc) is 2.68. The van der Waals surface area contributed by atoms with E-state index in [1.165, 1.54) is 26.9 Å². The highest BCUT2D eigenvalue weighted by Gasteiger charge is 2.27. The van der Waals surface area contributed by atoms with Gasteiger partial charge < -0.3 is 20.6 Å². The van der Waals surface area contributed by atoms with Gasteiger partial charge in [0.1, 0.15) is 0 Å². The Balaban J connectivity index is 1.85. The molecule has 0 radical (unpaired) electrons. The summed E-state index contributed by atoms with van der Waals surface area (Å²) in [5.41, 5.74) is -0.00487. The van der Waals surface area contributed by atoms with Crippen molar-refractivity contribution in [3.63, 3.8) is 0 Å². The van der Waals surface area contributed by atoms with Crippen LogP contribution >= 0.6 is 0 Å². The highest BCUT2D eigenvalue weighted by atomic mass is 16.3. The molecule has 4 aromatic rings. The summed E-state index contributed by atoms with van der Waals surface area (Å²) in [5, 5.41) is 38.9. The van der Waals surface area contributed by atoms with Gasteiger partial charge in [0.15, 0.2) is 0 Å². The summed E-state index contributed by atoms with van der Waals surface area (Å²) in [7, 11) is 0. The van der Waals surface area contributed by atoms with E-state index in [9.17, 15) is 15.3 Å². The summed E-state index contributed by atoms with van der Waals surface area (Å²) in [6.07, 6.45) is 0. The Morgan fingerprint density at radius 2 is 1.24 bits per heavy atom. The molecule has 0 aliphatic carbocycles. The van der Waals surface area contributed by atoms with E-state index < -0.39 is 5.54 Å². The number of rotatable bonds is 6. The highest BCUT2D eigenvalue weighted by molar-refractivity contribution is 6.23. The van der Waals surface area contributed by atoms with Crippen molar-refractivity contribution >= 4 is 32.3 Å². The van der Waals surface area contributed by atoms with Crippen molar-refractivity contribution in [2.24, 2.45) is 0 Å². The monoisotopic (exact) mass is 335 g/mol. The Hall–Kier alpha value is -2.24. The van der Waals surface area contributed by atoms with Gasteiger partial charge in [0.2, 0.25) is 0 Å². The Kier molecular flexibility index (Phi) is 4.06. The lowest BCUT2D eigenvalue weighted by molar-refractivity contribution is 0.0414. The van der Waals surface area contributed by atoms with Gasteiger partial charge in [-0.25, -0.2) is 0 Å². The zero-order chi connectivity index (χ0) is 17.4. The van der Waals surface area contributed by atoms with Crippen molar-refractivity contribution in [1.82, 2.24) is 5.32 Å². The minimum atomic E-state index is -1.08. The topological polar surface area (TPSA) is 72.7 Å². The molecule has 0 fully saturated rings. The molecule has 128 valence electrons. The van der Waals surface area contributed by atoms with Crippen LogP contribution in [-0.4, -0.2) is 40.7 Å². The zero-order valence-corrected chi connectivity index (χ0v) is 13.9. The van der Waals surface area contributed by atoms with Gasteiger partial charge in [-0.1, -0.05) is 54.6 Å². The Bertz CT molecular complexity index is 1000. The van der Waals surface area contributed by atoms with Crippen LogP contribution in [0.3, 0.4) is 0 Å². The standard InChI is InChI=1S/C21H21NO3/c23-11-21(12-24,13-25)22-10-17-7-6-16-5-4-14-2-1-3-15-8-9-18(17)20(16)19(14)15/h1-9,22-25H,10-13H2. The van der Waals surface area contributed by atoms with E-state index in [1.54, 1.807) is 0 Å². The molecule has 4 rings (SSSR count). The van der Waals surface area contributed by atoms with Crippen LogP contribution in [0, 0.1) is 0 Å². The minimum absolute atomic E-state index is 0.328. The molecule has 0 saturated carbocycles. The first-order valence-electron chi connectivity index (χ1n) is 8.44. The summed E-state index contributed by atoms with van der Waals surface area (Å²) in [6.45, 7) is -0.528. The lowest BCUT2D eigenvalue weighted by Gasteiger charge is -2.29. The molecule has 4 aromatic carbocycles. The molecule has 0 amide bonds. The molecule has 0 atom stereocenters. The van der Waals surface area contributed by atoms with Gasteiger partial charge >= 0.3 is 0 Å². The number of nitrogens with one attached hydrogen (secondary N) is 1. The second kappa shape index (κ2) is 6.24. The van der Waals surface area contributed by atoms with Crippen LogP contribution in [0.2, 0.25) is 0 Å². The molecule has 4 N–H and O–H groups in total. The van der Waals surface area contributed by atoms with Gasteiger partial charge in [-0.2, -0.15) is 0 Å². The van der Waals surface area contributed by atoms with E-state index >= 15 is 0 Å². The van der Waals surface area contributed by atoms with Crippen molar-refractivity contribution in [2.75, 3.05) is 19.8 Å². The Morgan fingerprint density at radius 3 is 1.88 bits per heavy atom. The van der Waals surface area contributed by atoms with Crippen LogP contribution in [0.4, 0.5) is 0 Å². The fraction of sp³-hybridized carbons (Fsp3) is 0.238. The molecular weight excluding hydrogens is 314 g/mol. The van der Waals surface area contributed by atoms with Gasteiger partial charge in [-0.15, -0.1) is 0 Å². The van der Waals surface area contributed by atoms with E-state index in [1.807, 2.05) is 0 Å². The molecule has 0 spiro atoms. The molecular formula is C21H21NO3. The SMILES string of the molecule is OCC(CO)(CO)NCc1ccc2ccc3cccc4ccc1c2c34. The van der Waals surface area contributed by atoms with Crippen LogP contribution in [0.15, 0.2) is 54.6 Å². The lowest BCUT2D eigenvalue weighted by atomic mass is 9.91. The average molecular weight is 335 g/mol. The second-order valence-electron chi connectivity index (χ2n) is 6.69. The van der Waals surface area contributed by atoms with Crippen molar-refractivity contribution in [2.45, 2.75) is 12.1 Å². The molecule has 0 heterocycles. The van der Waals surface area contributed by atoms with Crippen LogP contribution in [0.25, 0.3) is 32.3 Å². The normalized spacial score (nSPS) is 12.6. The van der Waals surface area contributed by atoms with Gasteiger partial charge in [-0.3, -0.25) is 0 Å². The fourth-order valence-corrected chi connectivity index (χ4v) is 3.55. The molecule has 25 heavy (non-hydrogen) atoms. The van der Waals surface area contributed by atoms with E-state index in [-0.39, 0.29) is 19.8 Å². The first kappa shape index (κ1) is 16.2. The molecule has 0 aliphatic rings. The molecule has 4 heteroatoms.